The molecule has 0 bridgehead atoms. The van der Waals surface area contributed by atoms with E-state index in [1.54, 1.807) is 0 Å². The van der Waals surface area contributed by atoms with Crippen molar-refractivity contribution in [3.8, 4) is 0 Å². The average Bonchev–Trinajstić information content (AvgIpc) is 2.69. The second-order valence-electron chi connectivity index (χ2n) is 7.45. The number of carboxylic acids is 1. The van der Waals surface area contributed by atoms with Crippen LogP contribution in [0.1, 0.15) is 93.9 Å². The largest absolute Gasteiger partial charge is 0.480 e. The third kappa shape index (κ3) is 9.63. The molecular weight excluding hydrogens is 370 g/mol. The van der Waals surface area contributed by atoms with Crippen LogP contribution in [0.3, 0.4) is 0 Å². The fraction of sp³-hybridized carbons (Fsp3) is 0.652. The first-order chi connectivity index (χ1) is 13.6. The van der Waals surface area contributed by atoms with E-state index in [4.69, 9.17) is 0 Å². The molecule has 0 aliphatic rings. The van der Waals surface area contributed by atoms with Gasteiger partial charge in [0.15, 0.2) is 0 Å². The van der Waals surface area contributed by atoms with Crippen molar-refractivity contribution in [2.75, 3.05) is 12.3 Å². The summed E-state index contributed by atoms with van der Waals surface area (Å²) in [6.07, 6.45) is 12.2. The Morgan fingerprint density at radius 1 is 1.07 bits per heavy atom. The number of benzene rings is 1. The lowest BCUT2D eigenvalue weighted by Gasteiger charge is -2.21. The number of hydrogen-bond donors (Lipinski definition) is 2. The van der Waals surface area contributed by atoms with Gasteiger partial charge in [0, 0.05) is 12.3 Å². The first-order valence-electron chi connectivity index (χ1n) is 10.7. The van der Waals surface area contributed by atoms with Gasteiger partial charge in [0.2, 0.25) is 6.41 Å². The number of aliphatic carboxylic acids is 1. The second-order valence-corrected chi connectivity index (χ2v) is 8.67. The van der Waals surface area contributed by atoms with E-state index in [-0.39, 0.29) is 0 Å². The van der Waals surface area contributed by atoms with Crippen LogP contribution in [-0.4, -0.2) is 29.8 Å². The van der Waals surface area contributed by atoms with Crippen molar-refractivity contribution < 1.29 is 14.7 Å². The van der Waals surface area contributed by atoms with E-state index >= 15 is 0 Å². The smallest absolute Gasteiger partial charge is 0.321 e. The number of rotatable bonds is 17. The molecule has 1 rings (SSSR count). The van der Waals surface area contributed by atoms with E-state index in [1.807, 2.05) is 18.2 Å². The average molecular weight is 408 g/mol. The van der Waals surface area contributed by atoms with Crippen molar-refractivity contribution in [2.45, 2.75) is 82.8 Å². The molecule has 0 aliphatic heterocycles. The number of carbonyl (C=O) groups is 2. The third-order valence-electron chi connectivity index (χ3n) is 5.14. The summed E-state index contributed by atoms with van der Waals surface area (Å²) in [4.78, 5) is 22.2. The maximum absolute atomic E-state index is 11.8. The first kappa shape index (κ1) is 24.5. The van der Waals surface area contributed by atoms with E-state index in [0.29, 0.717) is 24.6 Å². The number of carboxylic acid groups (broad SMARTS) is 1. The molecule has 1 aromatic rings. The summed E-state index contributed by atoms with van der Waals surface area (Å²) < 4.78 is 0. The molecular formula is C23H37NO3S. The van der Waals surface area contributed by atoms with Crippen molar-refractivity contribution in [3.05, 3.63) is 35.4 Å². The Kier molecular flexibility index (Phi) is 13.5. The predicted octanol–water partition coefficient (Wildman–Crippen LogP) is 5.93. The minimum Gasteiger partial charge on any atom is -0.480 e. The topological polar surface area (TPSA) is 66.4 Å². The Hall–Kier alpha value is -1.49. The number of unbranched alkanes of at least 4 members (excludes halogenated alkanes) is 7. The maximum atomic E-state index is 11.8. The van der Waals surface area contributed by atoms with Gasteiger partial charge in [0.1, 0.15) is 5.25 Å². The van der Waals surface area contributed by atoms with Crippen LogP contribution in [0, 0.1) is 0 Å². The Bertz CT molecular complexity index is 565. The minimum absolute atomic E-state index is 0.354. The summed E-state index contributed by atoms with van der Waals surface area (Å²) in [5, 5.41) is 11.7. The van der Waals surface area contributed by atoms with Gasteiger partial charge in [-0.25, -0.2) is 0 Å². The highest BCUT2D eigenvalue weighted by atomic mass is 32.2. The van der Waals surface area contributed by atoms with Gasteiger partial charge < -0.3 is 10.4 Å². The molecule has 5 heteroatoms. The van der Waals surface area contributed by atoms with E-state index < -0.39 is 11.2 Å². The zero-order chi connectivity index (χ0) is 20.6. The van der Waals surface area contributed by atoms with Crippen molar-refractivity contribution in [1.82, 2.24) is 5.32 Å². The molecule has 0 saturated heterocycles. The van der Waals surface area contributed by atoms with E-state index in [1.165, 1.54) is 63.1 Å². The van der Waals surface area contributed by atoms with E-state index in [9.17, 15) is 14.7 Å². The quantitative estimate of drug-likeness (QED) is 0.248. The first-order valence-corrected chi connectivity index (χ1v) is 11.8. The summed E-state index contributed by atoms with van der Waals surface area (Å²) in [5.41, 5.74) is 2.05. The van der Waals surface area contributed by atoms with Gasteiger partial charge in [-0.1, -0.05) is 89.5 Å². The standard InChI is InChI=1S/C23H37NO3S/c1-3-4-5-6-7-8-9-10-13-19(2)20-14-11-12-15-21(20)22(23(26)27)28-17-16-24-18-25/h11-12,14-15,18-19,22H,3-10,13,16-17H2,1-2H3,(H,24,25)(H,26,27). The zero-order valence-corrected chi connectivity index (χ0v) is 18.3. The normalized spacial score (nSPS) is 13.1. The highest BCUT2D eigenvalue weighted by Gasteiger charge is 2.24. The van der Waals surface area contributed by atoms with Gasteiger partial charge in [-0.05, 0) is 23.5 Å². The number of carbonyl (C=O) groups excluding carboxylic acids is 1. The summed E-state index contributed by atoms with van der Waals surface area (Å²) in [6.45, 7) is 4.93. The molecule has 0 aliphatic carbocycles. The molecule has 2 unspecified atom stereocenters. The Balaban J connectivity index is 2.55. The number of amides is 1. The fourth-order valence-electron chi connectivity index (χ4n) is 3.53. The number of thioether (sulfide) groups is 1. The molecule has 158 valence electrons. The van der Waals surface area contributed by atoms with Crippen LogP contribution < -0.4 is 5.32 Å². The monoisotopic (exact) mass is 407 g/mol. The molecule has 2 atom stereocenters. The Morgan fingerprint density at radius 3 is 2.29 bits per heavy atom. The summed E-state index contributed by atoms with van der Waals surface area (Å²) >= 11 is 1.37. The molecule has 1 aromatic carbocycles. The molecule has 0 heterocycles. The van der Waals surface area contributed by atoms with Crippen molar-refractivity contribution in [1.29, 1.82) is 0 Å². The molecule has 0 saturated carbocycles. The molecule has 0 fully saturated rings. The number of hydrogen-bond acceptors (Lipinski definition) is 3. The van der Waals surface area contributed by atoms with Crippen molar-refractivity contribution >= 4 is 24.1 Å². The lowest BCUT2D eigenvalue weighted by molar-refractivity contribution is -0.136. The van der Waals surface area contributed by atoms with Crippen LogP contribution >= 0.6 is 11.8 Å². The molecule has 4 nitrogen and oxygen atoms in total. The Labute approximate surface area is 174 Å². The second kappa shape index (κ2) is 15.4. The van der Waals surface area contributed by atoms with Crippen LogP contribution in [0.4, 0.5) is 0 Å². The van der Waals surface area contributed by atoms with Gasteiger partial charge in [-0.2, -0.15) is 0 Å². The number of nitrogens with one attached hydrogen (secondary N) is 1. The molecule has 0 spiro atoms. The summed E-state index contributed by atoms with van der Waals surface area (Å²) in [6, 6.07) is 7.94. The third-order valence-corrected chi connectivity index (χ3v) is 6.37. The summed E-state index contributed by atoms with van der Waals surface area (Å²) in [7, 11) is 0. The van der Waals surface area contributed by atoms with Crippen LogP contribution in [0.15, 0.2) is 24.3 Å². The van der Waals surface area contributed by atoms with Gasteiger partial charge in [0.25, 0.3) is 0 Å². The lowest BCUT2D eigenvalue weighted by Crippen LogP contribution is -2.17. The minimum atomic E-state index is -0.817. The summed E-state index contributed by atoms with van der Waals surface area (Å²) in [5.74, 6) is 0.117. The van der Waals surface area contributed by atoms with Gasteiger partial charge in [0.05, 0.1) is 0 Å². The predicted molar refractivity (Wildman–Crippen MR) is 119 cm³/mol. The molecule has 0 radical (unpaired) electrons. The SMILES string of the molecule is CCCCCCCCCCC(C)c1ccccc1C(SCCNC=O)C(=O)O. The lowest BCUT2D eigenvalue weighted by atomic mass is 9.89. The highest BCUT2D eigenvalue weighted by Crippen LogP contribution is 2.36. The van der Waals surface area contributed by atoms with Crippen LogP contribution in [0.5, 0.6) is 0 Å². The van der Waals surface area contributed by atoms with Crippen molar-refractivity contribution in [2.24, 2.45) is 0 Å². The fourth-order valence-corrected chi connectivity index (χ4v) is 4.54. The van der Waals surface area contributed by atoms with Crippen LogP contribution in [-0.2, 0) is 9.59 Å². The molecule has 2 N–H and O–H groups in total. The molecule has 0 aromatic heterocycles. The molecule has 28 heavy (non-hydrogen) atoms. The molecule has 1 amide bonds. The van der Waals surface area contributed by atoms with Crippen molar-refractivity contribution in [3.63, 3.8) is 0 Å². The zero-order valence-electron chi connectivity index (χ0n) is 17.5. The Morgan fingerprint density at radius 2 is 1.68 bits per heavy atom. The van der Waals surface area contributed by atoms with E-state index in [0.717, 1.165) is 17.5 Å². The maximum Gasteiger partial charge on any atom is 0.321 e. The van der Waals surface area contributed by atoms with Gasteiger partial charge >= 0.3 is 5.97 Å². The van der Waals surface area contributed by atoms with Crippen LogP contribution in [0.2, 0.25) is 0 Å². The highest BCUT2D eigenvalue weighted by molar-refractivity contribution is 8.00. The van der Waals surface area contributed by atoms with Gasteiger partial charge in [-0.15, -0.1) is 11.8 Å². The van der Waals surface area contributed by atoms with Gasteiger partial charge in [-0.3, -0.25) is 9.59 Å². The van der Waals surface area contributed by atoms with E-state index in [2.05, 4.69) is 25.2 Å². The van der Waals surface area contributed by atoms with Crippen LogP contribution in [0.25, 0.3) is 0 Å².